The normalized spacial score (nSPS) is 12.6. The molecule has 0 saturated carbocycles. The van der Waals surface area contributed by atoms with Crippen molar-refractivity contribution < 1.29 is 14.3 Å². The molecule has 8 heteroatoms. The van der Waals surface area contributed by atoms with Crippen molar-refractivity contribution in [2.24, 2.45) is 0 Å². The fraction of sp³-hybridized carbons (Fsp3) is 0.0833. The topological polar surface area (TPSA) is 89.5 Å². The molecule has 1 N–H and O–H groups in total. The highest BCUT2D eigenvalue weighted by Crippen LogP contribution is 2.41. The predicted octanol–water partition coefficient (Wildman–Crippen LogP) is 4.47. The third-order valence-electron chi connectivity index (χ3n) is 5.01. The molecule has 3 heterocycles. The average Bonchev–Trinajstić information content (AvgIpc) is 2.85. The summed E-state index contributed by atoms with van der Waals surface area (Å²) in [7, 11) is 0. The van der Waals surface area contributed by atoms with E-state index in [-0.39, 0.29) is 5.91 Å². The minimum atomic E-state index is -0.177. The highest BCUT2D eigenvalue weighted by Gasteiger charge is 2.25. The molecule has 0 atom stereocenters. The number of fused-ring (bicyclic) bond motifs is 3. The second kappa shape index (κ2) is 8.35. The number of nitrogens with one attached hydrogen (secondary N) is 1. The van der Waals surface area contributed by atoms with Gasteiger partial charge in [-0.1, -0.05) is 12.6 Å². The summed E-state index contributed by atoms with van der Waals surface area (Å²) in [5, 5.41) is 4.03. The van der Waals surface area contributed by atoms with Gasteiger partial charge in [0.05, 0.1) is 23.1 Å². The summed E-state index contributed by atoms with van der Waals surface area (Å²) in [6.45, 7) is 4.43. The van der Waals surface area contributed by atoms with Crippen molar-refractivity contribution in [1.29, 1.82) is 0 Å². The monoisotopic (exact) mass is 425 g/mol. The van der Waals surface area contributed by atoms with Crippen LogP contribution >= 0.6 is 0 Å². The minimum absolute atomic E-state index is 0.177. The number of aromatic nitrogens is 3. The van der Waals surface area contributed by atoms with E-state index in [1.165, 1.54) is 12.4 Å². The standard InChI is InChI=1S/C24H19N5O3/c1-2-21(30)29-13-14-31-23-19(29)11-10-18-22(23)24(27-15-26-18)28-16-6-8-17(9-7-16)32-20-5-3-4-12-25-20/h2-12,15H,1,13-14H2,(H,26,27,28). The summed E-state index contributed by atoms with van der Waals surface area (Å²) in [5.41, 5.74) is 2.20. The lowest BCUT2D eigenvalue weighted by atomic mass is 10.1. The number of pyridine rings is 1. The first-order chi connectivity index (χ1) is 15.7. The zero-order valence-electron chi connectivity index (χ0n) is 17.1. The number of anilines is 3. The molecule has 158 valence electrons. The van der Waals surface area contributed by atoms with Crippen LogP contribution < -0.4 is 19.7 Å². The van der Waals surface area contributed by atoms with Crippen LogP contribution in [-0.4, -0.2) is 34.0 Å². The predicted molar refractivity (Wildman–Crippen MR) is 122 cm³/mol. The van der Waals surface area contributed by atoms with E-state index in [2.05, 4.69) is 26.8 Å². The fourth-order valence-corrected chi connectivity index (χ4v) is 3.53. The van der Waals surface area contributed by atoms with Gasteiger partial charge in [0.15, 0.2) is 5.75 Å². The molecular weight excluding hydrogens is 406 g/mol. The number of carbonyl (C=O) groups excluding carboxylic acids is 1. The van der Waals surface area contributed by atoms with Gasteiger partial charge in [0.2, 0.25) is 5.88 Å². The Morgan fingerprint density at radius 1 is 1.09 bits per heavy atom. The Morgan fingerprint density at radius 2 is 1.97 bits per heavy atom. The molecule has 2 aromatic carbocycles. The number of carbonyl (C=O) groups is 1. The van der Waals surface area contributed by atoms with E-state index in [4.69, 9.17) is 9.47 Å². The van der Waals surface area contributed by atoms with Crippen molar-refractivity contribution in [2.45, 2.75) is 0 Å². The molecule has 0 unspecified atom stereocenters. The zero-order valence-corrected chi connectivity index (χ0v) is 17.1. The van der Waals surface area contributed by atoms with Crippen LogP contribution in [0, 0.1) is 0 Å². The van der Waals surface area contributed by atoms with E-state index >= 15 is 0 Å². The summed E-state index contributed by atoms with van der Waals surface area (Å²) in [4.78, 5) is 26.9. The Labute approximate surface area is 184 Å². The molecule has 0 bridgehead atoms. The van der Waals surface area contributed by atoms with E-state index < -0.39 is 0 Å². The van der Waals surface area contributed by atoms with E-state index in [9.17, 15) is 4.79 Å². The molecule has 0 spiro atoms. The van der Waals surface area contributed by atoms with Crippen LogP contribution in [0.5, 0.6) is 17.4 Å². The molecular formula is C24H19N5O3. The second-order valence-corrected chi connectivity index (χ2v) is 6.99. The largest absolute Gasteiger partial charge is 0.489 e. The van der Waals surface area contributed by atoms with Gasteiger partial charge in [-0.25, -0.2) is 15.0 Å². The number of nitrogens with zero attached hydrogens (tertiary/aromatic N) is 4. The van der Waals surface area contributed by atoms with Crippen molar-refractivity contribution in [3.8, 4) is 17.4 Å². The van der Waals surface area contributed by atoms with E-state index in [0.29, 0.717) is 52.9 Å². The number of amides is 1. The van der Waals surface area contributed by atoms with Gasteiger partial charge in [0.1, 0.15) is 24.5 Å². The first-order valence-corrected chi connectivity index (χ1v) is 10.0. The van der Waals surface area contributed by atoms with Crippen molar-refractivity contribution in [1.82, 2.24) is 15.0 Å². The van der Waals surface area contributed by atoms with Gasteiger partial charge >= 0.3 is 0 Å². The molecule has 32 heavy (non-hydrogen) atoms. The lowest BCUT2D eigenvalue weighted by molar-refractivity contribution is -0.114. The molecule has 2 aromatic heterocycles. The third-order valence-corrected chi connectivity index (χ3v) is 5.01. The van der Waals surface area contributed by atoms with E-state index in [0.717, 1.165) is 5.69 Å². The van der Waals surface area contributed by atoms with Gasteiger partial charge in [-0.2, -0.15) is 0 Å². The van der Waals surface area contributed by atoms with Crippen LogP contribution in [0.1, 0.15) is 0 Å². The Kier molecular flexibility index (Phi) is 5.09. The van der Waals surface area contributed by atoms with Crippen LogP contribution in [0.25, 0.3) is 10.9 Å². The third kappa shape index (κ3) is 3.69. The number of benzene rings is 2. The number of rotatable bonds is 5. The lowest BCUT2D eigenvalue weighted by Crippen LogP contribution is -2.36. The van der Waals surface area contributed by atoms with Crippen LogP contribution in [-0.2, 0) is 4.79 Å². The van der Waals surface area contributed by atoms with Gasteiger partial charge in [-0.3, -0.25) is 4.79 Å². The highest BCUT2D eigenvalue weighted by atomic mass is 16.5. The molecule has 8 nitrogen and oxygen atoms in total. The zero-order chi connectivity index (χ0) is 21.9. The first-order valence-electron chi connectivity index (χ1n) is 10.0. The number of hydrogen-bond acceptors (Lipinski definition) is 7. The van der Waals surface area contributed by atoms with E-state index in [1.54, 1.807) is 17.2 Å². The van der Waals surface area contributed by atoms with Crippen molar-refractivity contribution in [2.75, 3.05) is 23.4 Å². The van der Waals surface area contributed by atoms with Gasteiger partial charge in [0, 0.05) is 18.0 Å². The van der Waals surface area contributed by atoms with Gasteiger partial charge < -0.3 is 19.7 Å². The number of hydrogen-bond donors (Lipinski definition) is 1. The van der Waals surface area contributed by atoms with Crippen LogP contribution in [0.2, 0.25) is 0 Å². The summed E-state index contributed by atoms with van der Waals surface area (Å²) >= 11 is 0. The summed E-state index contributed by atoms with van der Waals surface area (Å²) < 4.78 is 11.7. The maximum atomic E-state index is 12.3. The molecule has 0 aliphatic carbocycles. The molecule has 1 aliphatic rings. The molecule has 4 aromatic rings. The van der Waals surface area contributed by atoms with Gasteiger partial charge in [0.25, 0.3) is 5.91 Å². The maximum Gasteiger partial charge on any atom is 0.250 e. The summed E-state index contributed by atoms with van der Waals surface area (Å²) in [6, 6.07) is 16.6. The molecule has 0 radical (unpaired) electrons. The fourth-order valence-electron chi connectivity index (χ4n) is 3.53. The molecule has 0 fully saturated rings. The highest BCUT2D eigenvalue weighted by molar-refractivity contribution is 6.07. The number of ether oxygens (including phenoxy) is 2. The van der Waals surface area contributed by atoms with Crippen molar-refractivity contribution in [3.05, 3.63) is 79.8 Å². The van der Waals surface area contributed by atoms with Gasteiger partial charge in [-0.05, 0) is 48.5 Å². The second-order valence-electron chi connectivity index (χ2n) is 6.99. The molecule has 1 aliphatic heterocycles. The molecule has 5 rings (SSSR count). The molecule has 1 amide bonds. The lowest BCUT2D eigenvalue weighted by Gasteiger charge is -2.29. The van der Waals surface area contributed by atoms with Crippen LogP contribution in [0.3, 0.4) is 0 Å². The SMILES string of the molecule is C=CC(=O)N1CCOc2c1ccc1ncnc(Nc3ccc(Oc4ccccn4)cc3)c21. The Balaban J connectivity index is 1.47. The summed E-state index contributed by atoms with van der Waals surface area (Å²) in [5.74, 6) is 2.17. The Bertz CT molecular complexity index is 1290. The van der Waals surface area contributed by atoms with Crippen LogP contribution in [0.4, 0.5) is 17.2 Å². The van der Waals surface area contributed by atoms with Crippen molar-refractivity contribution >= 4 is 34.0 Å². The van der Waals surface area contributed by atoms with Crippen molar-refractivity contribution in [3.63, 3.8) is 0 Å². The smallest absolute Gasteiger partial charge is 0.250 e. The quantitative estimate of drug-likeness (QED) is 0.472. The van der Waals surface area contributed by atoms with E-state index in [1.807, 2.05) is 48.5 Å². The van der Waals surface area contributed by atoms with Gasteiger partial charge in [-0.15, -0.1) is 0 Å². The minimum Gasteiger partial charge on any atom is -0.489 e. The first kappa shape index (κ1) is 19.5. The average molecular weight is 425 g/mol. The Morgan fingerprint density at radius 3 is 2.75 bits per heavy atom. The molecule has 0 saturated heterocycles. The maximum absolute atomic E-state index is 12.3. The van der Waals surface area contributed by atoms with Crippen LogP contribution in [0.15, 0.2) is 79.8 Å². The summed E-state index contributed by atoms with van der Waals surface area (Å²) in [6.07, 6.45) is 4.47. The Hall–Kier alpha value is -4.46.